The number of hydrogen-bond donors (Lipinski definition) is 2. The van der Waals surface area contributed by atoms with Gasteiger partial charge in [-0.2, -0.15) is 0 Å². The molecule has 1 aliphatic rings. The summed E-state index contributed by atoms with van der Waals surface area (Å²) in [6.45, 7) is 5.54. The van der Waals surface area contributed by atoms with E-state index in [9.17, 15) is 0 Å². The molecule has 0 saturated carbocycles. The van der Waals surface area contributed by atoms with Crippen LogP contribution in [0.5, 0.6) is 0 Å². The maximum absolute atomic E-state index is 6.09. The van der Waals surface area contributed by atoms with Gasteiger partial charge in [-0.05, 0) is 42.8 Å². The molecule has 3 N–H and O–H groups in total. The molecule has 4 heteroatoms. The van der Waals surface area contributed by atoms with Gasteiger partial charge in [-0.1, -0.05) is 12.1 Å². The number of nitrogen functional groups attached to an aromatic ring is 1. The van der Waals surface area contributed by atoms with Crippen LogP contribution in [0.2, 0.25) is 0 Å². The second-order valence-corrected chi connectivity index (χ2v) is 5.31. The second-order valence-electron chi connectivity index (χ2n) is 5.31. The molecular formula is C17H21N3O. The van der Waals surface area contributed by atoms with Gasteiger partial charge in [-0.25, -0.2) is 0 Å². The van der Waals surface area contributed by atoms with Crippen LogP contribution in [0.3, 0.4) is 0 Å². The number of ether oxygens (including phenoxy) is 1. The van der Waals surface area contributed by atoms with Crippen molar-refractivity contribution in [3.63, 3.8) is 0 Å². The van der Waals surface area contributed by atoms with Crippen molar-refractivity contribution in [3.8, 4) is 0 Å². The normalized spacial score (nSPS) is 15.0. The van der Waals surface area contributed by atoms with Crippen LogP contribution in [-0.2, 0) is 4.74 Å². The van der Waals surface area contributed by atoms with Gasteiger partial charge < -0.3 is 20.7 Å². The van der Waals surface area contributed by atoms with Crippen molar-refractivity contribution < 1.29 is 4.74 Å². The molecular weight excluding hydrogens is 262 g/mol. The first-order chi connectivity index (χ1) is 10.2. The minimum absolute atomic E-state index is 0.801. The Bertz CT molecular complexity index is 604. The summed E-state index contributed by atoms with van der Waals surface area (Å²) < 4.78 is 5.38. The van der Waals surface area contributed by atoms with Crippen LogP contribution in [0.1, 0.15) is 5.56 Å². The SMILES string of the molecule is Cc1cccc(Nc2ccc(N3CCOCC3)cc2)c1N. The molecule has 0 aromatic heterocycles. The molecule has 21 heavy (non-hydrogen) atoms. The number of benzene rings is 2. The zero-order chi connectivity index (χ0) is 14.7. The van der Waals surface area contributed by atoms with E-state index in [-0.39, 0.29) is 0 Å². The highest BCUT2D eigenvalue weighted by Crippen LogP contribution is 2.27. The van der Waals surface area contributed by atoms with E-state index in [0.717, 1.165) is 48.9 Å². The van der Waals surface area contributed by atoms with E-state index < -0.39 is 0 Å². The van der Waals surface area contributed by atoms with Crippen molar-refractivity contribution in [2.24, 2.45) is 0 Å². The summed E-state index contributed by atoms with van der Waals surface area (Å²) in [5.74, 6) is 0. The van der Waals surface area contributed by atoms with Crippen LogP contribution < -0.4 is 16.0 Å². The molecule has 0 radical (unpaired) electrons. The number of anilines is 4. The van der Waals surface area contributed by atoms with Crippen LogP contribution in [-0.4, -0.2) is 26.3 Å². The fourth-order valence-corrected chi connectivity index (χ4v) is 2.52. The number of rotatable bonds is 3. The van der Waals surface area contributed by atoms with Crippen LogP contribution in [0.15, 0.2) is 42.5 Å². The first-order valence-electron chi connectivity index (χ1n) is 7.29. The lowest BCUT2D eigenvalue weighted by Crippen LogP contribution is -2.36. The fraction of sp³-hybridized carbons (Fsp3) is 0.294. The lowest BCUT2D eigenvalue weighted by molar-refractivity contribution is 0.122. The summed E-state index contributed by atoms with van der Waals surface area (Å²) in [5.41, 5.74) is 11.2. The molecule has 0 aliphatic carbocycles. The van der Waals surface area contributed by atoms with Crippen LogP contribution in [0.4, 0.5) is 22.7 Å². The summed E-state index contributed by atoms with van der Waals surface area (Å²) in [5, 5.41) is 3.37. The highest BCUT2D eigenvalue weighted by molar-refractivity contribution is 5.75. The van der Waals surface area contributed by atoms with E-state index in [2.05, 4.69) is 34.5 Å². The summed E-state index contributed by atoms with van der Waals surface area (Å²) in [4.78, 5) is 2.34. The summed E-state index contributed by atoms with van der Waals surface area (Å²) >= 11 is 0. The van der Waals surface area contributed by atoms with Gasteiger partial charge in [0.15, 0.2) is 0 Å². The molecule has 2 aromatic rings. The van der Waals surface area contributed by atoms with E-state index in [1.807, 2.05) is 25.1 Å². The van der Waals surface area contributed by atoms with Gasteiger partial charge in [0.2, 0.25) is 0 Å². The van der Waals surface area contributed by atoms with Gasteiger partial charge >= 0.3 is 0 Å². The Morgan fingerprint density at radius 3 is 2.48 bits per heavy atom. The van der Waals surface area contributed by atoms with E-state index in [1.165, 1.54) is 5.69 Å². The molecule has 1 aliphatic heterocycles. The second kappa shape index (κ2) is 6.06. The largest absolute Gasteiger partial charge is 0.397 e. The van der Waals surface area contributed by atoms with Gasteiger partial charge in [0, 0.05) is 24.5 Å². The molecule has 2 aromatic carbocycles. The molecule has 0 atom stereocenters. The third kappa shape index (κ3) is 3.11. The number of nitrogens with two attached hydrogens (primary N) is 1. The minimum atomic E-state index is 0.801. The molecule has 3 rings (SSSR count). The third-order valence-corrected chi connectivity index (χ3v) is 3.85. The maximum atomic E-state index is 6.09. The van der Waals surface area contributed by atoms with Gasteiger partial charge in [0.25, 0.3) is 0 Å². The first-order valence-corrected chi connectivity index (χ1v) is 7.29. The smallest absolute Gasteiger partial charge is 0.0642 e. The molecule has 1 fully saturated rings. The number of aryl methyl sites for hydroxylation is 1. The van der Waals surface area contributed by atoms with E-state index >= 15 is 0 Å². The lowest BCUT2D eigenvalue weighted by Gasteiger charge is -2.29. The first kappa shape index (κ1) is 13.8. The number of nitrogens with one attached hydrogen (secondary N) is 1. The van der Waals surface area contributed by atoms with Gasteiger partial charge in [-0.15, -0.1) is 0 Å². The number of hydrogen-bond acceptors (Lipinski definition) is 4. The van der Waals surface area contributed by atoms with Crippen LogP contribution >= 0.6 is 0 Å². The summed E-state index contributed by atoms with van der Waals surface area (Å²) in [7, 11) is 0. The van der Waals surface area contributed by atoms with E-state index in [1.54, 1.807) is 0 Å². The van der Waals surface area contributed by atoms with Crippen molar-refractivity contribution in [2.75, 3.05) is 42.3 Å². The van der Waals surface area contributed by atoms with E-state index in [4.69, 9.17) is 10.5 Å². The van der Waals surface area contributed by atoms with Crippen LogP contribution in [0.25, 0.3) is 0 Å². The summed E-state index contributed by atoms with van der Waals surface area (Å²) in [6, 6.07) is 14.5. The molecule has 0 unspecified atom stereocenters. The van der Waals surface area contributed by atoms with Crippen molar-refractivity contribution in [1.29, 1.82) is 0 Å². The Morgan fingerprint density at radius 1 is 1.05 bits per heavy atom. The molecule has 1 heterocycles. The maximum Gasteiger partial charge on any atom is 0.0642 e. The van der Waals surface area contributed by atoms with Crippen molar-refractivity contribution in [2.45, 2.75) is 6.92 Å². The van der Waals surface area contributed by atoms with Crippen LogP contribution in [0, 0.1) is 6.92 Å². The highest BCUT2D eigenvalue weighted by atomic mass is 16.5. The Hall–Kier alpha value is -2.20. The predicted octanol–water partition coefficient (Wildman–Crippen LogP) is 3.16. The quantitative estimate of drug-likeness (QED) is 0.850. The van der Waals surface area contributed by atoms with Crippen molar-refractivity contribution in [3.05, 3.63) is 48.0 Å². The molecule has 1 saturated heterocycles. The number of para-hydroxylation sites is 1. The predicted molar refractivity (Wildman–Crippen MR) is 88.3 cm³/mol. The fourth-order valence-electron chi connectivity index (χ4n) is 2.52. The average Bonchev–Trinajstić information content (AvgIpc) is 2.53. The molecule has 0 amide bonds. The zero-order valence-electron chi connectivity index (χ0n) is 12.3. The summed E-state index contributed by atoms with van der Waals surface area (Å²) in [6.07, 6.45) is 0. The van der Waals surface area contributed by atoms with Crippen molar-refractivity contribution >= 4 is 22.7 Å². The Balaban J connectivity index is 1.73. The molecule has 0 bridgehead atoms. The Morgan fingerprint density at radius 2 is 1.76 bits per heavy atom. The molecule has 110 valence electrons. The average molecular weight is 283 g/mol. The zero-order valence-corrected chi connectivity index (χ0v) is 12.3. The van der Waals surface area contributed by atoms with Crippen molar-refractivity contribution in [1.82, 2.24) is 0 Å². The number of morpholine rings is 1. The minimum Gasteiger partial charge on any atom is -0.397 e. The van der Waals surface area contributed by atoms with E-state index in [0.29, 0.717) is 0 Å². The Labute approximate surface area is 125 Å². The van der Waals surface area contributed by atoms with Gasteiger partial charge in [0.05, 0.1) is 24.6 Å². The highest BCUT2D eigenvalue weighted by Gasteiger charge is 2.10. The standard InChI is InChI=1S/C17H21N3O/c1-13-3-2-4-16(17(13)18)19-14-5-7-15(8-6-14)20-9-11-21-12-10-20/h2-8,19H,9-12,18H2,1H3. The lowest BCUT2D eigenvalue weighted by atomic mass is 10.1. The van der Waals surface area contributed by atoms with Gasteiger partial charge in [-0.3, -0.25) is 0 Å². The molecule has 4 nitrogen and oxygen atoms in total. The monoisotopic (exact) mass is 283 g/mol. The van der Waals surface area contributed by atoms with Gasteiger partial charge in [0.1, 0.15) is 0 Å². The topological polar surface area (TPSA) is 50.5 Å². The Kier molecular flexibility index (Phi) is 3.97. The number of nitrogens with zero attached hydrogens (tertiary/aromatic N) is 1. The third-order valence-electron chi connectivity index (χ3n) is 3.85. The molecule has 0 spiro atoms.